The average Bonchev–Trinajstić information content (AvgIpc) is 2.43. The maximum absolute atomic E-state index is 5.86. The quantitative estimate of drug-likeness (QED) is 0.881. The second kappa shape index (κ2) is 6.38. The molecule has 2 N–H and O–H groups in total. The molecule has 0 aliphatic carbocycles. The minimum Gasteiger partial charge on any atom is -0.373 e. The second-order valence-corrected chi connectivity index (χ2v) is 4.69. The Balaban J connectivity index is 1.94. The van der Waals surface area contributed by atoms with Crippen molar-refractivity contribution in [2.24, 2.45) is 0 Å². The molecule has 4 nitrogen and oxygen atoms in total. The van der Waals surface area contributed by atoms with Gasteiger partial charge in [0.05, 0.1) is 0 Å². The molecule has 0 spiro atoms. The van der Waals surface area contributed by atoms with Crippen molar-refractivity contribution >= 4 is 23.2 Å². The number of nitrogens with zero attached hydrogens (tertiary/aromatic N) is 2. The van der Waals surface area contributed by atoms with Crippen LogP contribution in [0.2, 0.25) is 5.02 Å². The van der Waals surface area contributed by atoms with E-state index in [9.17, 15) is 0 Å². The van der Waals surface area contributed by atoms with Crippen LogP contribution in [0.1, 0.15) is 11.1 Å². The predicted molar refractivity (Wildman–Crippen MR) is 80.0 cm³/mol. The lowest BCUT2D eigenvalue weighted by Crippen LogP contribution is -2.09. The molecule has 2 rings (SSSR count). The maximum Gasteiger partial charge on any atom is 0.134 e. The highest BCUT2D eigenvalue weighted by atomic mass is 35.5. The van der Waals surface area contributed by atoms with Gasteiger partial charge >= 0.3 is 0 Å². The SMILES string of the molecule is CNc1ncnc(NCCc2ccc(Cl)cc2)c1C. The van der Waals surface area contributed by atoms with Gasteiger partial charge in [0.25, 0.3) is 0 Å². The Morgan fingerprint density at radius 3 is 2.47 bits per heavy atom. The van der Waals surface area contributed by atoms with E-state index in [0.29, 0.717) is 0 Å². The van der Waals surface area contributed by atoms with Gasteiger partial charge in [-0.05, 0) is 31.0 Å². The van der Waals surface area contributed by atoms with E-state index in [-0.39, 0.29) is 0 Å². The number of hydrogen-bond donors (Lipinski definition) is 2. The number of halogens is 1. The Morgan fingerprint density at radius 1 is 1.11 bits per heavy atom. The van der Waals surface area contributed by atoms with E-state index >= 15 is 0 Å². The van der Waals surface area contributed by atoms with E-state index in [2.05, 4.69) is 20.6 Å². The minimum absolute atomic E-state index is 0.766. The average molecular weight is 277 g/mol. The summed E-state index contributed by atoms with van der Waals surface area (Å²) in [6.45, 7) is 2.82. The summed E-state index contributed by atoms with van der Waals surface area (Å²) in [7, 11) is 1.85. The Bertz CT molecular complexity index is 540. The monoisotopic (exact) mass is 276 g/mol. The van der Waals surface area contributed by atoms with Gasteiger partial charge in [-0.15, -0.1) is 0 Å². The molecule has 0 aliphatic heterocycles. The molecule has 0 bridgehead atoms. The van der Waals surface area contributed by atoms with Crippen LogP contribution in [0.5, 0.6) is 0 Å². The summed E-state index contributed by atoms with van der Waals surface area (Å²) in [6, 6.07) is 7.89. The summed E-state index contributed by atoms with van der Waals surface area (Å²) in [4.78, 5) is 8.41. The van der Waals surface area contributed by atoms with E-state index in [0.717, 1.165) is 35.2 Å². The van der Waals surface area contributed by atoms with Gasteiger partial charge in [0.15, 0.2) is 0 Å². The fraction of sp³-hybridized carbons (Fsp3) is 0.286. The largest absolute Gasteiger partial charge is 0.373 e. The summed E-state index contributed by atoms with van der Waals surface area (Å²) in [5.74, 6) is 1.72. The zero-order chi connectivity index (χ0) is 13.7. The van der Waals surface area contributed by atoms with E-state index in [1.165, 1.54) is 5.56 Å². The predicted octanol–water partition coefficient (Wildman–Crippen LogP) is 3.13. The molecule has 1 aromatic heterocycles. The van der Waals surface area contributed by atoms with Crippen LogP contribution in [0.25, 0.3) is 0 Å². The standard InChI is InChI=1S/C14H17ClN4/c1-10-13(16-2)18-9-19-14(10)17-8-7-11-3-5-12(15)6-4-11/h3-6,9H,7-8H2,1-2H3,(H2,16,17,18,19). The lowest BCUT2D eigenvalue weighted by molar-refractivity contribution is 0.992. The molecule has 0 saturated heterocycles. The van der Waals surface area contributed by atoms with Gasteiger partial charge in [0.2, 0.25) is 0 Å². The molecule has 5 heteroatoms. The topological polar surface area (TPSA) is 49.8 Å². The fourth-order valence-electron chi connectivity index (χ4n) is 1.86. The van der Waals surface area contributed by atoms with Crippen molar-refractivity contribution in [2.75, 3.05) is 24.2 Å². The first-order valence-electron chi connectivity index (χ1n) is 6.18. The highest BCUT2D eigenvalue weighted by Crippen LogP contribution is 2.17. The summed E-state index contributed by atoms with van der Waals surface area (Å²) in [5, 5.41) is 7.14. The van der Waals surface area contributed by atoms with Crippen LogP contribution in [0.15, 0.2) is 30.6 Å². The smallest absolute Gasteiger partial charge is 0.134 e. The first-order valence-corrected chi connectivity index (χ1v) is 6.56. The zero-order valence-corrected chi connectivity index (χ0v) is 11.8. The molecule has 19 heavy (non-hydrogen) atoms. The number of rotatable bonds is 5. The third-order valence-electron chi connectivity index (χ3n) is 2.94. The van der Waals surface area contributed by atoms with Crippen molar-refractivity contribution < 1.29 is 0 Å². The van der Waals surface area contributed by atoms with Gasteiger partial charge in [-0.25, -0.2) is 9.97 Å². The summed E-state index contributed by atoms with van der Waals surface area (Å²) in [6.07, 6.45) is 2.49. The van der Waals surface area contributed by atoms with Gasteiger partial charge in [0, 0.05) is 24.2 Å². The lowest BCUT2D eigenvalue weighted by atomic mass is 10.1. The highest BCUT2D eigenvalue weighted by molar-refractivity contribution is 6.30. The Kier molecular flexibility index (Phi) is 4.58. The fourth-order valence-corrected chi connectivity index (χ4v) is 1.98. The second-order valence-electron chi connectivity index (χ2n) is 4.25. The van der Waals surface area contributed by atoms with Crippen LogP contribution in [-0.4, -0.2) is 23.6 Å². The highest BCUT2D eigenvalue weighted by Gasteiger charge is 2.04. The number of anilines is 2. The van der Waals surface area contributed by atoms with Crippen molar-refractivity contribution in [3.05, 3.63) is 46.7 Å². The van der Waals surface area contributed by atoms with E-state index in [1.54, 1.807) is 6.33 Å². The summed E-state index contributed by atoms with van der Waals surface area (Å²) < 4.78 is 0. The molecule has 0 fully saturated rings. The van der Waals surface area contributed by atoms with Crippen LogP contribution in [0.3, 0.4) is 0 Å². The third kappa shape index (κ3) is 3.58. The lowest BCUT2D eigenvalue weighted by Gasteiger charge is -2.11. The minimum atomic E-state index is 0.766. The molecule has 0 saturated carbocycles. The van der Waals surface area contributed by atoms with Crippen LogP contribution >= 0.6 is 11.6 Å². The van der Waals surface area contributed by atoms with Crippen LogP contribution in [0, 0.1) is 6.92 Å². The summed E-state index contributed by atoms with van der Waals surface area (Å²) in [5.41, 5.74) is 2.28. The van der Waals surface area contributed by atoms with Crippen molar-refractivity contribution in [3.8, 4) is 0 Å². The van der Waals surface area contributed by atoms with Gasteiger partial charge in [0.1, 0.15) is 18.0 Å². The van der Waals surface area contributed by atoms with Gasteiger partial charge in [-0.1, -0.05) is 23.7 Å². The molecule has 100 valence electrons. The molecule has 0 amide bonds. The van der Waals surface area contributed by atoms with Crippen molar-refractivity contribution in [1.29, 1.82) is 0 Å². The normalized spacial score (nSPS) is 10.3. The van der Waals surface area contributed by atoms with Crippen LogP contribution in [0.4, 0.5) is 11.6 Å². The Labute approximate surface area is 118 Å². The van der Waals surface area contributed by atoms with Gasteiger partial charge in [-0.3, -0.25) is 0 Å². The van der Waals surface area contributed by atoms with Crippen LogP contribution < -0.4 is 10.6 Å². The molecule has 1 heterocycles. The summed E-state index contributed by atoms with van der Waals surface area (Å²) >= 11 is 5.86. The molecule has 0 aliphatic rings. The van der Waals surface area contributed by atoms with Crippen molar-refractivity contribution in [3.63, 3.8) is 0 Å². The van der Waals surface area contributed by atoms with Crippen LogP contribution in [-0.2, 0) is 6.42 Å². The van der Waals surface area contributed by atoms with Crippen molar-refractivity contribution in [2.45, 2.75) is 13.3 Å². The third-order valence-corrected chi connectivity index (χ3v) is 3.19. The van der Waals surface area contributed by atoms with E-state index < -0.39 is 0 Å². The molecular weight excluding hydrogens is 260 g/mol. The van der Waals surface area contributed by atoms with Crippen molar-refractivity contribution in [1.82, 2.24) is 9.97 Å². The molecular formula is C14H17ClN4. The number of nitrogens with one attached hydrogen (secondary N) is 2. The molecule has 0 atom stereocenters. The number of hydrogen-bond acceptors (Lipinski definition) is 4. The maximum atomic E-state index is 5.86. The Hall–Kier alpha value is -1.81. The molecule has 0 unspecified atom stereocenters. The number of aromatic nitrogens is 2. The molecule has 1 aromatic carbocycles. The van der Waals surface area contributed by atoms with Gasteiger partial charge < -0.3 is 10.6 Å². The molecule has 0 radical (unpaired) electrons. The number of benzene rings is 1. The van der Waals surface area contributed by atoms with E-state index in [4.69, 9.17) is 11.6 Å². The Morgan fingerprint density at radius 2 is 1.79 bits per heavy atom. The van der Waals surface area contributed by atoms with E-state index in [1.807, 2.05) is 38.2 Å². The first-order chi connectivity index (χ1) is 9.20. The van der Waals surface area contributed by atoms with Gasteiger partial charge in [-0.2, -0.15) is 0 Å². The molecule has 2 aromatic rings. The first kappa shape index (κ1) is 13.6. The zero-order valence-electron chi connectivity index (χ0n) is 11.1.